The van der Waals surface area contributed by atoms with E-state index in [-0.39, 0.29) is 35.3 Å². The zero-order chi connectivity index (χ0) is 22.3. The second kappa shape index (κ2) is 8.23. The molecule has 2 aliphatic heterocycles. The van der Waals surface area contributed by atoms with E-state index in [9.17, 15) is 18.0 Å². The summed E-state index contributed by atoms with van der Waals surface area (Å²) in [5.41, 5.74) is -1.34. The number of aromatic nitrogens is 3. The quantitative estimate of drug-likeness (QED) is 0.550. The van der Waals surface area contributed by atoms with Crippen molar-refractivity contribution in [1.29, 1.82) is 0 Å². The van der Waals surface area contributed by atoms with Crippen LogP contribution in [0.1, 0.15) is 48.3 Å². The van der Waals surface area contributed by atoms with Gasteiger partial charge < -0.3 is 9.15 Å². The van der Waals surface area contributed by atoms with Gasteiger partial charge in [-0.15, -0.1) is 0 Å². The van der Waals surface area contributed by atoms with Crippen molar-refractivity contribution in [3.05, 3.63) is 41.9 Å². The van der Waals surface area contributed by atoms with Gasteiger partial charge in [0.2, 0.25) is 0 Å². The van der Waals surface area contributed by atoms with Gasteiger partial charge in [-0.3, -0.25) is 4.90 Å². The molecule has 0 aromatic carbocycles. The Balaban J connectivity index is 1.38. The molecule has 2 fully saturated rings. The van der Waals surface area contributed by atoms with E-state index >= 15 is 0 Å². The second-order valence-electron chi connectivity index (χ2n) is 8.40. The van der Waals surface area contributed by atoms with E-state index in [1.165, 1.54) is 31.2 Å². The number of ether oxygens (including phenoxy) is 1. The first kappa shape index (κ1) is 21.0. The predicted molar refractivity (Wildman–Crippen MR) is 108 cm³/mol. The van der Waals surface area contributed by atoms with Crippen LogP contribution in [0, 0.1) is 5.92 Å². The molecule has 2 saturated heterocycles. The van der Waals surface area contributed by atoms with Crippen LogP contribution in [0.25, 0.3) is 17.1 Å². The van der Waals surface area contributed by atoms with Gasteiger partial charge in [0.15, 0.2) is 22.8 Å². The molecule has 3 aromatic heterocycles. The van der Waals surface area contributed by atoms with Crippen LogP contribution in [0.2, 0.25) is 0 Å². The van der Waals surface area contributed by atoms with Gasteiger partial charge in [-0.05, 0) is 57.0 Å². The second-order valence-corrected chi connectivity index (χ2v) is 8.40. The number of furan rings is 1. The van der Waals surface area contributed by atoms with Crippen LogP contribution in [0.3, 0.4) is 0 Å². The van der Waals surface area contributed by atoms with Crippen LogP contribution >= 0.6 is 0 Å². The summed E-state index contributed by atoms with van der Waals surface area (Å²) in [6, 6.07) is 5.56. The monoisotopic (exact) mass is 448 g/mol. The summed E-state index contributed by atoms with van der Waals surface area (Å²) < 4.78 is 52.3. The fourth-order valence-electron chi connectivity index (χ4n) is 4.85. The number of alkyl halides is 3. The Morgan fingerprint density at radius 3 is 2.81 bits per heavy atom. The lowest BCUT2D eigenvalue weighted by molar-refractivity contribution is -0.142. The maximum absolute atomic E-state index is 13.7. The summed E-state index contributed by atoms with van der Waals surface area (Å²) in [6.07, 6.45) is 2.15. The van der Waals surface area contributed by atoms with Crippen LogP contribution in [-0.4, -0.2) is 51.2 Å². The van der Waals surface area contributed by atoms with Gasteiger partial charge in [-0.1, -0.05) is 6.42 Å². The van der Waals surface area contributed by atoms with E-state index in [0.717, 1.165) is 38.4 Å². The average molecular weight is 448 g/mol. The third-order valence-corrected chi connectivity index (χ3v) is 6.36. The van der Waals surface area contributed by atoms with E-state index in [4.69, 9.17) is 9.15 Å². The Labute approximate surface area is 182 Å². The number of nitrogens with zero attached hydrogens (tertiary/aromatic N) is 4. The number of hydrogen-bond acceptors (Lipinski definition) is 6. The predicted octanol–water partition coefficient (Wildman–Crippen LogP) is 4.43. The van der Waals surface area contributed by atoms with Gasteiger partial charge in [0, 0.05) is 18.0 Å². The molecule has 32 heavy (non-hydrogen) atoms. The van der Waals surface area contributed by atoms with Crippen molar-refractivity contribution in [2.75, 3.05) is 19.7 Å². The van der Waals surface area contributed by atoms with Crippen molar-refractivity contribution < 1.29 is 27.1 Å². The molecular formula is C22H23F3N4O3. The first-order valence-corrected chi connectivity index (χ1v) is 10.8. The maximum Gasteiger partial charge on any atom is 0.433 e. The SMILES string of the molecule is O=C(OC[C@H]1CCCN2CCCC[C@@H]12)c1cc2nc(-c3ccco3)cc(C(F)(F)F)n2n1. The minimum absolute atomic E-state index is 0.00855. The minimum Gasteiger partial charge on any atom is -0.463 e. The lowest BCUT2D eigenvalue weighted by Gasteiger charge is -2.44. The van der Waals surface area contributed by atoms with Crippen LogP contribution in [-0.2, 0) is 10.9 Å². The number of rotatable bonds is 4. The highest BCUT2D eigenvalue weighted by molar-refractivity contribution is 5.88. The summed E-state index contributed by atoms with van der Waals surface area (Å²) in [5, 5.41) is 3.87. The smallest absolute Gasteiger partial charge is 0.433 e. The molecule has 0 N–H and O–H groups in total. The zero-order valence-corrected chi connectivity index (χ0v) is 17.3. The minimum atomic E-state index is -4.69. The molecule has 2 atom stereocenters. The number of esters is 1. The van der Waals surface area contributed by atoms with E-state index in [0.29, 0.717) is 10.6 Å². The molecule has 0 spiro atoms. The molecule has 170 valence electrons. The number of carbonyl (C=O) groups is 1. The van der Waals surface area contributed by atoms with Crippen molar-refractivity contribution in [3.8, 4) is 11.5 Å². The largest absolute Gasteiger partial charge is 0.463 e. The third-order valence-electron chi connectivity index (χ3n) is 6.36. The Hall–Kier alpha value is -2.88. The molecule has 2 aliphatic rings. The van der Waals surface area contributed by atoms with Crippen LogP contribution < -0.4 is 0 Å². The average Bonchev–Trinajstić information content (AvgIpc) is 3.46. The van der Waals surface area contributed by atoms with Gasteiger partial charge >= 0.3 is 12.1 Å². The fraction of sp³-hybridized carbons (Fsp3) is 0.500. The Morgan fingerprint density at radius 2 is 2.03 bits per heavy atom. The molecule has 7 nitrogen and oxygen atoms in total. The van der Waals surface area contributed by atoms with Crippen molar-refractivity contribution in [2.24, 2.45) is 5.92 Å². The Kier molecular flexibility index (Phi) is 5.40. The van der Waals surface area contributed by atoms with Crippen LogP contribution in [0.4, 0.5) is 13.2 Å². The molecule has 0 aliphatic carbocycles. The number of piperidine rings is 2. The number of carbonyl (C=O) groups excluding carboxylic acids is 1. The van der Waals surface area contributed by atoms with Gasteiger partial charge in [0.25, 0.3) is 0 Å². The van der Waals surface area contributed by atoms with E-state index in [1.54, 1.807) is 6.07 Å². The molecule has 3 aromatic rings. The summed E-state index contributed by atoms with van der Waals surface area (Å²) in [6.45, 7) is 2.39. The van der Waals surface area contributed by atoms with Gasteiger partial charge in [-0.2, -0.15) is 18.3 Å². The zero-order valence-electron chi connectivity index (χ0n) is 17.3. The molecular weight excluding hydrogens is 425 g/mol. The van der Waals surface area contributed by atoms with Crippen LogP contribution in [0.5, 0.6) is 0 Å². The van der Waals surface area contributed by atoms with Gasteiger partial charge in [0.05, 0.1) is 12.9 Å². The van der Waals surface area contributed by atoms with E-state index in [1.807, 2.05) is 0 Å². The molecule has 0 unspecified atom stereocenters. The molecule has 0 amide bonds. The van der Waals surface area contributed by atoms with E-state index < -0.39 is 17.8 Å². The Morgan fingerprint density at radius 1 is 1.19 bits per heavy atom. The van der Waals surface area contributed by atoms with Gasteiger partial charge in [-0.25, -0.2) is 14.3 Å². The third kappa shape index (κ3) is 3.99. The summed E-state index contributed by atoms with van der Waals surface area (Å²) in [7, 11) is 0. The van der Waals surface area contributed by atoms with Crippen molar-refractivity contribution in [3.63, 3.8) is 0 Å². The summed E-state index contributed by atoms with van der Waals surface area (Å²) >= 11 is 0. The van der Waals surface area contributed by atoms with Crippen molar-refractivity contribution in [1.82, 2.24) is 19.5 Å². The maximum atomic E-state index is 13.7. The van der Waals surface area contributed by atoms with Gasteiger partial charge in [0.1, 0.15) is 5.69 Å². The first-order valence-electron chi connectivity index (χ1n) is 10.8. The number of hydrogen-bond donors (Lipinski definition) is 0. The van der Waals surface area contributed by atoms with Crippen LogP contribution in [0.15, 0.2) is 34.9 Å². The molecule has 0 bridgehead atoms. The highest BCUT2D eigenvalue weighted by Crippen LogP contribution is 2.33. The molecule has 5 rings (SSSR count). The van der Waals surface area contributed by atoms with E-state index in [2.05, 4.69) is 15.0 Å². The highest BCUT2D eigenvalue weighted by atomic mass is 19.4. The number of halogens is 3. The molecule has 5 heterocycles. The fourth-order valence-corrected chi connectivity index (χ4v) is 4.85. The normalized spacial score (nSPS) is 22.1. The Bertz CT molecular complexity index is 1110. The lowest BCUT2D eigenvalue weighted by Crippen LogP contribution is -2.49. The number of fused-ring (bicyclic) bond motifs is 2. The topological polar surface area (TPSA) is 72.9 Å². The van der Waals surface area contributed by atoms with Crippen molar-refractivity contribution >= 4 is 11.6 Å². The summed E-state index contributed by atoms with van der Waals surface area (Å²) in [4.78, 5) is 19.3. The summed E-state index contributed by atoms with van der Waals surface area (Å²) in [5.74, 6) is -0.312. The molecule has 10 heteroatoms. The standard InChI is InChI=1S/C22H23F3N4O3/c23-22(24,25)19-11-15(18-7-4-10-31-18)26-20-12-16(27-29(19)20)21(30)32-13-14-5-3-9-28-8-2-1-6-17(14)28/h4,7,10-12,14,17H,1-3,5-6,8-9,13H2/t14-,17+/m1/s1. The molecule has 0 radical (unpaired) electrons. The lowest BCUT2D eigenvalue weighted by atomic mass is 9.84. The highest BCUT2D eigenvalue weighted by Gasteiger charge is 2.37. The first-order chi connectivity index (χ1) is 15.4. The van der Waals surface area contributed by atoms with Crippen molar-refractivity contribution in [2.45, 2.75) is 44.3 Å². The molecule has 0 saturated carbocycles.